The van der Waals surface area contributed by atoms with Crippen LogP contribution < -0.4 is 0 Å². The third-order valence-corrected chi connectivity index (χ3v) is 4.00. The molecule has 0 saturated carbocycles. The molecule has 0 bridgehead atoms. The van der Waals surface area contributed by atoms with Crippen molar-refractivity contribution in [2.24, 2.45) is 0 Å². The molecule has 0 fully saturated rings. The molecule has 3 nitrogen and oxygen atoms in total. The number of hydrogen-bond acceptors (Lipinski definition) is 2. The maximum Gasteiger partial charge on any atom is 0.147 e. The van der Waals surface area contributed by atoms with Crippen LogP contribution in [0, 0.1) is 0 Å². The van der Waals surface area contributed by atoms with Crippen molar-refractivity contribution < 1.29 is 5.11 Å². The molecule has 1 unspecified atom stereocenters. The second kappa shape index (κ2) is 4.82. The van der Waals surface area contributed by atoms with Crippen LogP contribution in [0.5, 0.6) is 0 Å². The van der Waals surface area contributed by atoms with E-state index in [0.29, 0.717) is 0 Å². The van der Waals surface area contributed by atoms with Crippen molar-refractivity contribution in [1.82, 2.24) is 9.55 Å². The standard InChI is InChI=1S/C16H20N2O/c1-2-11-18-12-10-17-15(18)16(19)9-5-7-13-6-3-4-8-14(13)16/h3-4,6,8,10,12,19H,2,5,7,9,11H2,1H3. The normalized spacial score (nSPS) is 22.2. The number of aromatic nitrogens is 2. The molecule has 1 aliphatic rings. The topological polar surface area (TPSA) is 38.0 Å². The molecular formula is C16H20N2O. The summed E-state index contributed by atoms with van der Waals surface area (Å²) in [6.07, 6.45) is 7.61. The van der Waals surface area contributed by atoms with Gasteiger partial charge in [0.15, 0.2) is 0 Å². The monoisotopic (exact) mass is 256 g/mol. The van der Waals surface area contributed by atoms with E-state index in [-0.39, 0.29) is 0 Å². The van der Waals surface area contributed by atoms with Gasteiger partial charge in [-0.05, 0) is 36.8 Å². The van der Waals surface area contributed by atoms with Crippen molar-refractivity contribution in [2.75, 3.05) is 0 Å². The van der Waals surface area contributed by atoms with Gasteiger partial charge in [0.2, 0.25) is 0 Å². The Kier molecular flexibility index (Phi) is 3.15. The molecule has 100 valence electrons. The molecule has 19 heavy (non-hydrogen) atoms. The number of rotatable bonds is 3. The maximum atomic E-state index is 11.2. The van der Waals surface area contributed by atoms with E-state index in [2.05, 4.69) is 22.5 Å². The number of benzene rings is 1. The number of nitrogens with zero attached hydrogens (tertiary/aromatic N) is 2. The van der Waals surface area contributed by atoms with Crippen LogP contribution in [0.3, 0.4) is 0 Å². The number of imidazole rings is 1. The van der Waals surface area contributed by atoms with Gasteiger partial charge in [-0.1, -0.05) is 31.2 Å². The molecule has 1 N–H and O–H groups in total. The Morgan fingerprint density at radius 2 is 2.21 bits per heavy atom. The van der Waals surface area contributed by atoms with E-state index < -0.39 is 5.60 Å². The lowest BCUT2D eigenvalue weighted by atomic mass is 9.78. The van der Waals surface area contributed by atoms with Crippen LogP contribution in [-0.2, 0) is 18.6 Å². The summed E-state index contributed by atoms with van der Waals surface area (Å²) in [6, 6.07) is 8.21. The van der Waals surface area contributed by atoms with Gasteiger partial charge in [0.25, 0.3) is 0 Å². The van der Waals surface area contributed by atoms with Crippen molar-refractivity contribution in [3.05, 3.63) is 53.6 Å². The number of aliphatic hydroxyl groups is 1. The van der Waals surface area contributed by atoms with Crippen LogP contribution in [0.25, 0.3) is 0 Å². The largest absolute Gasteiger partial charge is 0.377 e. The number of hydrogen-bond donors (Lipinski definition) is 1. The minimum atomic E-state index is -0.923. The van der Waals surface area contributed by atoms with Gasteiger partial charge in [-0.2, -0.15) is 0 Å². The first-order chi connectivity index (χ1) is 9.25. The predicted molar refractivity (Wildman–Crippen MR) is 74.9 cm³/mol. The Morgan fingerprint density at radius 3 is 3.05 bits per heavy atom. The van der Waals surface area contributed by atoms with Gasteiger partial charge in [-0.25, -0.2) is 4.98 Å². The van der Waals surface area contributed by atoms with E-state index in [1.165, 1.54) is 5.56 Å². The molecule has 1 aromatic heterocycles. The average Bonchev–Trinajstić information content (AvgIpc) is 2.89. The highest BCUT2D eigenvalue weighted by Crippen LogP contribution is 2.39. The van der Waals surface area contributed by atoms with E-state index in [4.69, 9.17) is 0 Å². The van der Waals surface area contributed by atoms with Gasteiger partial charge in [-0.15, -0.1) is 0 Å². The minimum absolute atomic E-state index is 0.755. The summed E-state index contributed by atoms with van der Waals surface area (Å²) in [7, 11) is 0. The Morgan fingerprint density at radius 1 is 1.37 bits per heavy atom. The summed E-state index contributed by atoms with van der Waals surface area (Å²) in [5.41, 5.74) is 1.36. The Labute approximate surface area is 113 Å². The molecule has 0 saturated heterocycles. The van der Waals surface area contributed by atoms with Crippen molar-refractivity contribution in [3.8, 4) is 0 Å². The third-order valence-electron chi connectivity index (χ3n) is 4.00. The molecule has 3 rings (SSSR count). The fourth-order valence-corrected chi connectivity index (χ4v) is 3.14. The molecule has 1 aromatic carbocycles. The SMILES string of the molecule is CCCn1ccnc1C1(O)CCCc2ccccc21. The second-order valence-corrected chi connectivity index (χ2v) is 5.32. The van der Waals surface area contributed by atoms with Crippen molar-refractivity contribution in [2.45, 2.75) is 44.8 Å². The van der Waals surface area contributed by atoms with E-state index in [9.17, 15) is 5.11 Å². The summed E-state index contributed by atoms with van der Waals surface area (Å²) in [6.45, 7) is 3.04. The van der Waals surface area contributed by atoms with Crippen molar-refractivity contribution >= 4 is 0 Å². The zero-order chi connectivity index (χ0) is 13.3. The van der Waals surface area contributed by atoms with E-state index >= 15 is 0 Å². The zero-order valence-corrected chi connectivity index (χ0v) is 11.3. The summed E-state index contributed by atoms with van der Waals surface area (Å²) >= 11 is 0. The fraction of sp³-hybridized carbons (Fsp3) is 0.438. The van der Waals surface area contributed by atoms with Gasteiger partial charge in [0.1, 0.15) is 11.4 Å². The quantitative estimate of drug-likeness (QED) is 0.917. The first-order valence-corrected chi connectivity index (χ1v) is 7.08. The van der Waals surface area contributed by atoms with Crippen LogP contribution in [0.2, 0.25) is 0 Å². The van der Waals surface area contributed by atoms with Gasteiger partial charge in [-0.3, -0.25) is 0 Å². The van der Waals surface area contributed by atoms with E-state index in [1.807, 2.05) is 24.4 Å². The summed E-state index contributed by atoms with van der Waals surface area (Å²) in [5, 5.41) is 11.2. The van der Waals surface area contributed by atoms with Crippen LogP contribution >= 0.6 is 0 Å². The smallest absolute Gasteiger partial charge is 0.147 e. The van der Waals surface area contributed by atoms with Gasteiger partial charge >= 0.3 is 0 Å². The molecule has 1 heterocycles. The Hall–Kier alpha value is -1.61. The molecule has 0 spiro atoms. The highest BCUT2D eigenvalue weighted by atomic mass is 16.3. The first-order valence-electron chi connectivity index (χ1n) is 7.08. The fourth-order valence-electron chi connectivity index (χ4n) is 3.14. The molecule has 2 aromatic rings. The summed E-state index contributed by atoms with van der Waals surface area (Å²) < 4.78 is 2.09. The zero-order valence-electron chi connectivity index (χ0n) is 11.3. The Bertz CT molecular complexity index is 576. The number of fused-ring (bicyclic) bond motifs is 1. The predicted octanol–water partition coefficient (Wildman–Crippen LogP) is 2.87. The molecule has 3 heteroatoms. The highest BCUT2D eigenvalue weighted by molar-refractivity contribution is 5.39. The highest BCUT2D eigenvalue weighted by Gasteiger charge is 2.39. The van der Waals surface area contributed by atoms with Crippen LogP contribution in [-0.4, -0.2) is 14.7 Å². The lowest BCUT2D eigenvalue weighted by Gasteiger charge is -2.34. The van der Waals surface area contributed by atoms with Crippen molar-refractivity contribution in [1.29, 1.82) is 0 Å². The van der Waals surface area contributed by atoms with Gasteiger partial charge < -0.3 is 9.67 Å². The molecule has 1 atom stereocenters. The maximum absolute atomic E-state index is 11.2. The first kappa shape index (κ1) is 12.4. The minimum Gasteiger partial charge on any atom is -0.377 e. The number of aryl methyl sites for hydroxylation is 2. The molecule has 0 radical (unpaired) electrons. The molecule has 1 aliphatic carbocycles. The lowest BCUT2D eigenvalue weighted by molar-refractivity contribution is 0.0486. The third kappa shape index (κ3) is 1.98. The molecule has 0 amide bonds. The van der Waals surface area contributed by atoms with Crippen LogP contribution in [0.15, 0.2) is 36.7 Å². The van der Waals surface area contributed by atoms with Gasteiger partial charge in [0, 0.05) is 18.9 Å². The summed E-state index contributed by atoms with van der Waals surface area (Å²) in [4.78, 5) is 4.44. The Balaban J connectivity index is 2.11. The van der Waals surface area contributed by atoms with Gasteiger partial charge in [0.05, 0.1) is 0 Å². The van der Waals surface area contributed by atoms with Crippen molar-refractivity contribution in [3.63, 3.8) is 0 Å². The van der Waals surface area contributed by atoms with Crippen LogP contribution in [0.4, 0.5) is 0 Å². The van der Waals surface area contributed by atoms with E-state index in [0.717, 1.165) is 43.6 Å². The lowest BCUT2D eigenvalue weighted by Crippen LogP contribution is -2.35. The average molecular weight is 256 g/mol. The second-order valence-electron chi connectivity index (χ2n) is 5.32. The summed E-state index contributed by atoms with van der Waals surface area (Å²) in [5.74, 6) is 0.793. The molecule has 0 aliphatic heterocycles. The van der Waals surface area contributed by atoms with Crippen LogP contribution in [0.1, 0.15) is 43.1 Å². The molecular weight excluding hydrogens is 236 g/mol. The van der Waals surface area contributed by atoms with E-state index in [1.54, 1.807) is 6.20 Å².